The van der Waals surface area contributed by atoms with Crippen molar-refractivity contribution in [3.8, 4) is 5.75 Å². The van der Waals surface area contributed by atoms with Crippen molar-refractivity contribution in [1.29, 1.82) is 0 Å². The van der Waals surface area contributed by atoms with Gasteiger partial charge in [-0.1, -0.05) is 33.6 Å². The molecule has 0 aliphatic heterocycles. The molecule has 0 bridgehead atoms. The van der Waals surface area contributed by atoms with Crippen molar-refractivity contribution >= 4 is 45.4 Å². The normalized spacial score (nSPS) is 10.4. The topological polar surface area (TPSA) is 55.4 Å². The van der Waals surface area contributed by atoms with Gasteiger partial charge in [0.2, 0.25) is 0 Å². The Kier molecular flexibility index (Phi) is 5.96. The summed E-state index contributed by atoms with van der Waals surface area (Å²) in [4.78, 5) is 23.5. The first-order chi connectivity index (χ1) is 11.4. The van der Waals surface area contributed by atoms with Crippen molar-refractivity contribution in [1.82, 2.24) is 0 Å². The molecule has 0 saturated heterocycles. The summed E-state index contributed by atoms with van der Waals surface area (Å²) in [6.45, 7) is 3.71. The number of benzene rings is 2. The summed E-state index contributed by atoms with van der Waals surface area (Å²) in [6.07, 6.45) is 0.330. The molecule has 0 aromatic heterocycles. The maximum Gasteiger partial charge on any atom is 0.256 e. The number of rotatable bonds is 5. The van der Waals surface area contributed by atoms with Crippen LogP contribution in [0.3, 0.4) is 0 Å². The molecule has 7 heteroatoms. The van der Waals surface area contributed by atoms with Gasteiger partial charge in [-0.25, -0.2) is 4.39 Å². The summed E-state index contributed by atoms with van der Waals surface area (Å²) >= 11 is 9.29. The van der Waals surface area contributed by atoms with Gasteiger partial charge in [0.15, 0.2) is 12.1 Å². The van der Waals surface area contributed by atoms with Crippen LogP contribution in [-0.2, 0) is 0 Å². The molecular formula is C17H14BrClFNO3. The van der Waals surface area contributed by atoms with Crippen LogP contribution >= 0.6 is 27.5 Å². The maximum atomic E-state index is 14.2. The predicted octanol–water partition coefficient (Wildman–Crippen LogP) is 5.01. The Bertz CT molecular complexity index is 811. The quantitative estimate of drug-likeness (QED) is 0.700. The van der Waals surface area contributed by atoms with Crippen LogP contribution in [0.5, 0.6) is 5.75 Å². The Labute approximate surface area is 152 Å². The number of hydrogen-bond donors (Lipinski definition) is 1. The van der Waals surface area contributed by atoms with E-state index in [1.165, 1.54) is 6.07 Å². The summed E-state index contributed by atoms with van der Waals surface area (Å²) in [5.74, 6) is -1.36. The molecule has 4 nitrogen and oxygen atoms in total. The van der Waals surface area contributed by atoms with Gasteiger partial charge >= 0.3 is 0 Å². The lowest BCUT2D eigenvalue weighted by atomic mass is 10.1. The second-order valence-electron chi connectivity index (χ2n) is 4.88. The molecule has 2 aromatic rings. The Morgan fingerprint density at radius 2 is 2.17 bits per heavy atom. The van der Waals surface area contributed by atoms with Crippen LogP contribution in [0.15, 0.2) is 28.7 Å². The molecule has 0 aliphatic rings. The first-order valence-electron chi connectivity index (χ1n) is 7.07. The van der Waals surface area contributed by atoms with Crippen molar-refractivity contribution in [2.24, 2.45) is 0 Å². The summed E-state index contributed by atoms with van der Waals surface area (Å²) in [5, 5.41) is 2.21. The molecule has 0 fully saturated rings. The summed E-state index contributed by atoms with van der Waals surface area (Å²) in [6, 6.07) is 6.51. The Balaban J connectivity index is 2.44. The molecule has 0 radical (unpaired) electrons. The summed E-state index contributed by atoms with van der Waals surface area (Å²) in [7, 11) is 0. The van der Waals surface area contributed by atoms with Gasteiger partial charge in [-0.3, -0.25) is 9.59 Å². The molecule has 24 heavy (non-hydrogen) atoms. The summed E-state index contributed by atoms with van der Waals surface area (Å²) in [5.41, 5.74) is 0.908. The molecule has 0 atom stereocenters. The van der Waals surface area contributed by atoms with E-state index in [0.29, 0.717) is 11.8 Å². The largest absolute Gasteiger partial charge is 0.493 e. The van der Waals surface area contributed by atoms with E-state index in [-0.39, 0.29) is 28.6 Å². The van der Waals surface area contributed by atoms with E-state index >= 15 is 0 Å². The zero-order chi connectivity index (χ0) is 17.9. The molecule has 0 aliphatic carbocycles. The van der Waals surface area contributed by atoms with Gasteiger partial charge in [-0.15, -0.1) is 0 Å². The van der Waals surface area contributed by atoms with E-state index in [1.807, 2.05) is 6.07 Å². The number of hydrogen-bond acceptors (Lipinski definition) is 3. The van der Waals surface area contributed by atoms with Crippen LogP contribution in [0.25, 0.3) is 0 Å². The Hall–Kier alpha value is -1.92. The SMILES string of the molecule is CCOc1cc(NC(=O)c2cccc(Br)c2C)c(Cl)c(F)c1C=O. The van der Waals surface area contributed by atoms with E-state index < -0.39 is 11.7 Å². The number of carbonyl (C=O) groups excluding carboxylic acids is 2. The minimum absolute atomic E-state index is 0.0238. The van der Waals surface area contributed by atoms with E-state index in [9.17, 15) is 14.0 Å². The monoisotopic (exact) mass is 413 g/mol. The van der Waals surface area contributed by atoms with Crippen LogP contribution < -0.4 is 10.1 Å². The number of ether oxygens (including phenoxy) is 1. The van der Waals surface area contributed by atoms with Crippen molar-refractivity contribution in [2.75, 3.05) is 11.9 Å². The van der Waals surface area contributed by atoms with E-state index in [0.717, 1.165) is 10.0 Å². The molecule has 0 unspecified atom stereocenters. The van der Waals surface area contributed by atoms with Crippen molar-refractivity contribution in [3.63, 3.8) is 0 Å². The molecule has 126 valence electrons. The minimum Gasteiger partial charge on any atom is -0.493 e. The Morgan fingerprint density at radius 3 is 2.79 bits per heavy atom. The standard InChI is InChI=1S/C17H14BrClFNO3/c1-3-24-14-7-13(15(19)16(20)11(14)8-22)21-17(23)10-5-4-6-12(18)9(10)2/h4-8H,3H2,1-2H3,(H,21,23). The van der Waals surface area contributed by atoms with Crippen LogP contribution in [0, 0.1) is 12.7 Å². The van der Waals surface area contributed by atoms with Crippen LogP contribution in [-0.4, -0.2) is 18.8 Å². The molecule has 2 rings (SSSR count). The highest BCUT2D eigenvalue weighted by molar-refractivity contribution is 9.10. The number of anilines is 1. The number of nitrogens with one attached hydrogen (secondary N) is 1. The van der Waals surface area contributed by atoms with Crippen LogP contribution in [0.2, 0.25) is 5.02 Å². The van der Waals surface area contributed by atoms with Crippen molar-refractivity contribution < 1.29 is 18.7 Å². The van der Waals surface area contributed by atoms with Gasteiger partial charge in [0, 0.05) is 16.1 Å². The zero-order valence-electron chi connectivity index (χ0n) is 13.0. The van der Waals surface area contributed by atoms with Crippen molar-refractivity contribution in [3.05, 3.63) is 56.3 Å². The van der Waals surface area contributed by atoms with Gasteiger partial charge < -0.3 is 10.1 Å². The van der Waals surface area contributed by atoms with Gasteiger partial charge in [-0.2, -0.15) is 0 Å². The lowest BCUT2D eigenvalue weighted by Crippen LogP contribution is -2.15. The van der Waals surface area contributed by atoms with Crippen LogP contribution in [0.1, 0.15) is 33.2 Å². The molecule has 0 saturated carbocycles. The number of amides is 1. The lowest BCUT2D eigenvalue weighted by molar-refractivity contribution is 0.102. The third-order valence-electron chi connectivity index (χ3n) is 3.38. The highest BCUT2D eigenvalue weighted by Gasteiger charge is 2.20. The highest BCUT2D eigenvalue weighted by Crippen LogP contribution is 2.34. The predicted molar refractivity (Wildman–Crippen MR) is 94.8 cm³/mol. The van der Waals surface area contributed by atoms with E-state index in [1.54, 1.807) is 26.0 Å². The average Bonchev–Trinajstić information content (AvgIpc) is 2.55. The minimum atomic E-state index is -0.932. The van der Waals surface area contributed by atoms with E-state index in [4.69, 9.17) is 16.3 Å². The first kappa shape index (κ1) is 18.4. The second kappa shape index (κ2) is 7.77. The zero-order valence-corrected chi connectivity index (χ0v) is 15.3. The van der Waals surface area contributed by atoms with E-state index in [2.05, 4.69) is 21.2 Å². The van der Waals surface area contributed by atoms with Gasteiger partial charge in [0.05, 0.1) is 17.9 Å². The number of halogens is 3. The molecule has 0 heterocycles. The molecular weight excluding hydrogens is 401 g/mol. The molecule has 1 amide bonds. The fraction of sp³-hybridized carbons (Fsp3) is 0.176. The van der Waals surface area contributed by atoms with Crippen molar-refractivity contribution in [2.45, 2.75) is 13.8 Å². The first-order valence-corrected chi connectivity index (χ1v) is 8.24. The third kappa shape index (κ3) is 3.60. The lowest BCUT2D eigenvalue weighted by Gasteiger charge is -2.14. The Morgan fingerprint density at radius 1 is 1.46 bits per heavy atom. The average molecular weight is 415 g/mol. The van der Waals surface area contributed by atoms with Crippen LogP contribution in [0.4, 0.5) is 10.1 Å². The highest BCUT2D eigenvalue weighted by atomic mass is 79.9. The fourth-order valence-electron chi connectivity index (χ4n) is 2.14. The molecule has 0 spiro atoms. The number of carbonyl (C=O) groups is 2. The summed E-state index contributed by atoms with van der Waals surface area (Å²) < 4.78 is 20.3. The molecule has 2 aromatic carbocycles. The van der Waals surface area contributed by atoms with Gasteiger partial charge in [-0.05, 0) is 31.5 Å². The van der Waals surface area contributed by atoms with Gasteiger partial charge in [0.25, 0.3) is 5.91 Å². The second-order valence-corrected chi connectivity index (χ2v) is 6.11. The maximum absolute atomic E-state index is 14.2. The number of aldehydes is 1. The van der Waals surface area contributed by atoms with Gasteiger partial charge in [0.1, 0.15) is 10.8 Å². The fourth-order valence-corrected chi connectivity index (χ4v) is 2.71. The molecule has 1 N–H and O–H groups in total. The third-order valence-corrected chi connectivity index (χ3v) is 4.61. The smallest absolute Gasteiger partial charge is 0.256 e.